The molecule has 0 aromatic heterocycles. The fourth-order valence-electron chi connectivity index (χ4n) is 2.59. The summed E-state index contributed by atoms with van der Waals surface area (Å²) in [5.41, 5.74) is 5.85. The summed E-state index contributed by atoms with van der Waals surface area (Å²) in [6, 6.07) is 11.3. The molecule has 6 nitrogen and oxygen atoms in total. The predicted molar refractivity (Wildman–Crippen MR) is 106 cm³/mol. The molecule has 0 spiro atoms. The molecule has 27 heavy (non-hydrogen) atoms. The van der Waals surface area contributed by atoms with Crippen LogP contribution in [-0.2, 0) is 0 Å². The quantitative estimate of drug-likeness (QED) is 0.591. The SMILES string of the molecule is COc1cc(C(=O)N/N=C(/C)c2ccc(C(C)C)cc2)cc(OC)c1OC. The number of ether oxygens (including phenoxy) is 3. The van der Waals surface area contributed by atoms with Gasteiger partial charge in [0.25, 0.3) is 5.91 Å². The summed E-state index contributed by atoms with van der Waals surface area (Å²) in [4.78, 5) is 12.5. The van der Waals surface area contributed by atoms with Crippen molar-refractivity contribution in [1.82, 2.24) is 5.43 Å². The maximum absolute atomic E-state index is 12.5. The number of nitrogens with zero attached hydrogens (tertiary/aromatic N) is 1. The van der Waals surface area contributed by atoms with Crippen LogP contribution in [0.3, 0.4) is 0 Å². The minimum absolute atomic E-state index is 0.358. The highest BCUT2D eigenvalue weighted by Crippen LogP contribution is 2.38. The Kier molecular flexibility index (Phi) is 6.82. The van der Waals surface area contributed by atoms with Crippen LogP contribution in [0, 0.1) is 0 Å². The van der Waals surface area contributed by atoms with Gasteiger partial charge in [0.15, 0.2) is 11.5 Å². The van der Waals surface area contributed by atoms with Gasteiger partial charge in [-0.2, -0.15) is 5.10 Å². The highest BCUT2D eigenvalue weighted by Gasteiger charge is 2.16. The Bertz CT molecular complexity index is 802. The molecule has 2 rings (SSSR count). The van der Waals surface area contributed by atoms with Crippen LogP contribution in [-0.4, -0.2) is 32.9 Å². The predicted octanol–water partition coefficient (Wildman–Crippen LogP) is 3.99. The zero-order valence-electron chi connectivity index (χ0n) is 16.6. The maximum atomic E-state index is 12.5. The molecule has 144 valence electrons. The molecule has 0 aliphatic rings. The summed E-state index contributed by atoms with van der Waals surface area (Å²) in [6.07, 6.45) is 0. The average molecular weight is 370 g/mol. The number of carbonyl (C=O) groups is 1. The van der Waals surface area contributed by atoms with Crippen molar-refractivity contribution in [2.75, 3.05) is 21.3 Å². The monoisotopic (exact) mass is 370 g/mol. The lowest BCUT2D eigenvalue weighted by atomic mass is 10.0. The van der Waals surface area contributed by atoms with Gasteiger partial charge in [-0.3, -0.25) is 4.79 Å². The Labute approximate surface area is 160 Å². The number of rotatable bonds is 7. The van der Waals surface area contributed by atoms with E-state index in [9.17, 15) is 4.79 Å². The van der Waals surface area contributed by atoms with Gasteiger partial charge in [-0.05, 0) is 36.1 Å². The van der Waals surface area contributed by atoms with Crippen LogP contribution >= 0.6 is 0 Å². The first-order valence-electron chi connectivity index (χ1n) is 8.66. The molecule has 0 bridgehead atoms. The lowest BCUT2D eigenvalue weighted by Gasteiger charge is -2.13. The highest BCUT2D eigenvalue weighted by atomic mass is 16.5. The first-order valence-corrected chi connectivity index (χ1v) is 8.66. The molecular weight excluding hydrogens is 344 g/mol. The van der Waals surface area contributed by atoms with Crippen LogP contribution in [0.25, 0.3) is 0 Å². The molecule has 2 aromatic carbocycles. The molecule has 0 saturated carbocycles. The van der Waals surface area contributed by atoms with E-state index in [4.69, 9.17) is 14.2 Å². The number of hydrogen-bond acceptors (Lipinski definition) is 5. The maximum Gasteiger partial charge on any atom is 0.271 e. The first-order chi connectivity index (χ1) is 12.9. The van der Waals surface area contributed by atoms with Gasteiger partial charge in [0, 0.05) is 5.56 Å². The first kappa shape index (κ1) is 20.3. The molecule has 0 fully saturated rings. The molecule has 1 amide bonds. The number of hydrogen-bond donors (Lipinski definition) is 1. The fraction of sp³-hybridized carbons (Fsp3) is 0.333. The topological polar surface area (TPSA) is 69.2 Å². The van der Waals surface area contributed by atoms with Crippen molar-refractivity contribution in [2.24, 2.45) is 5.10 Å². The van der Waals surface area contributed by atoms with Gasteiger partial charge in [0.05, 0.1) is 27.0 Å². The molecule has 0 atom stereocenters. The smallest absolute Gasteiger partial charge is 0.271 e. The van der Waals surface area contributed by atoms with Gasteiger partial charge in [-0.25, -0.2) is 5.43 Å². The van der Waals surface area contributed by atoms with Gasteiger partial charge < -0.3 is 14.2 Å². The minimum atomic E-state index is -0.368. The van der Waals surface area contributed by atoms with Crippen molar-refractivity contribution < 1.29 is 19.0 Å². The van der Waals surface area contributed by atoms with Crippen molar-refractivity contribution in [3.05, 3.63) is 53.1 Å². The van der Waals surface area contributed by atoms with Gasteiger partial charge in [-0.1, -0.05) is 38.1 Å². The molecule has 0 saturated heterocycles. The second kappa shape index (κ2) is 9.07. The van der Waals surface area contributed by atoms with E-state index in [1.807, 2.05) is 19.1 Å². The van der Waals surface area contributed by atoms with Crippen LogP contribution in [0.15, 0.2) is 41.5 Å². The van der Waals surface area contributed by atoms with E-state index < -0.39 is 0 Å². The number of carbonyl (C=O) groups excluding carboxylic acids is 1. The van der Waals surface area contributed by atoms with Crippen LogP contribution in [0.2, 0.25) is 0 Å². The molecular formula is C21H26N2O4. The number of methoxy groups -OCH3 is 3. The van der Waals surface area contributed by atoms with E-state index in [1.165, 1.54) is 26.9 Å². The number of hydrazone groups is 1. The number of nitrogens with one attached hydrogen (secondary N) is 1. The van der Waals surface area contributed by atoms with Gasteiger partial charge in [0.2, 0.25) is 5.75 Å². The zero-order valence-corrected chi connectivity index (χ0v) is 16.6. The van der Waals surface area contributed by atoms with Gasteiger partial charge in [0.1, 0.15) is 0 Å². The Morgan fingerprint density at radius 1 is 0.926 bits per heavy atom. The fourth-order valence-corrected chi connectivity index (χ4v) is 2.59. The van der Waals surface area contributed by atoms with Crippen molar-refractivity contribution in [1.29, 1.82) is 0 Å². The lowest BCUT2D eigenvalue weighted by Crippen LogP contribution is -2.19. The molecule has 2 aromatic rings. The Morgan fingerprint density at radius 3 is 1.93 bits per heavy atom. The standard InChI is InChI=1S/C21H26N2O4/c1-13(2)15-7-9-16(10-8-15)14(3)22-23-21(24)17-11-18(25-4)20(27-6)19(12-17)26-5/h7-13H,1-6H3,(H,23,24)/b22-14-. The van der Waals surface area contributed by atoms with Crippen LogP contribution in [0.5, 0.6) is 17.2 Å². The van der Waals surface area contributed by atoms with Crippen LogP contribution in [0.1, 0.15) is 48.2 Å². The van der Waals surface area contributed by atoms with Crippen molar-refractivity contribution >= 4 is 11.6 Å². The average Bonchev–Trinajstić information content (AvgIpc) is 2.70. The molecule has 6 heteroatoms. The third kappa shape index (κ3) is 4.78. The third-order valence-electron chi connectivity index (χ3n) is 4.25. The van der Waals surface area contributed by atoms with E-state index >= 15 is 0 Å². The largest absolute Gasteiger partial charge is 0.493 e. The lowest BCUT2D eigenvalue weighted by molar-refractivity contribution is 0.0954. The normalized spacial score (nSPS) is 11.3. The highest BCUT2D eigenvalue weighted by molar-refractivity contribution is 6.01. The van der Waals surface area contributed by atoms with Crippen LogP contribution < -0.4 is 19.6 Å². The summed E-state index contributed by atoms with van der Waals surface area (Å²) in [5, 5.41) is 4.20. The second-order valence-corrected chi connectivity index (χ2v) is 6.33. The van der Waals surface area contributed by atoms with E-state index in [2.05, 4.69) is 36.5 Å². The second-order valence-electron chi connectivity index (χ2n) is 6.33. The minimum Gasteiger partial charge on any atom is -0.493 e. The van der Waals surface area contributed by atoms with E-state index in [0.29, 0.717) is 34.4 Å². The Balaban J connectivity index is 2.20. The molecule has 0 radical (unpaired) electrons. The summed E-state index contributed by atoms with van der Waals surface area (Å²) in [6.45, 7) is 6.14. The Morgan fingerprint density at radius 2 is 1.48 bits per heavy atom. The molecule has 0 unspecified atom stereocenters. The van der Waals surface area contributed by atoms with Gasteiger partial charge in [-0.15, -0.1) is 0 Å². The van der Waals surface area contributed by atoms with Crippen LogP contribution in [0.4, 0.5) is 0 Å². The molecule has 0 aliphatic carbocycles. The van der Waals surface area contributed by atoms with Crippen molar-refractivity contribution in [3.63, 3.8) is 0 Å². The summed E-state index contributed by atoms with van der Waals surface area (Å²) >= 11 is 0. The molecule has 0 aliphatic heterocycles. The molecule has 1 N–H and O–H groups in total. The number of amides is 1. The van der Waals surface area contributed by atoms with Crippen molar-refractivity contribution in [2.45, 2.75) is 26.7 Å². The van der Waals surface area contributed by atoms with E-state index in [1.54, 1.807) is 12.1 Å². The van der Waals surface area contributed by atoms with Crippen molar-refractivity contribution in [3.8, 4) is 17.2 Å². The van der Waals surface area contributed by atoms with E-state index in [0.717, 1.165) is 5.56 Å². The number of benzene rings is 2. The zero-order chi connectivity index (χ0) is 20.0. The summed E-state index contributed by atoms with van der Waals surface area (Å²) < 4.78 is 15.8. The third-order valence-corrected chi connectivity index (χ3v) is 4.25. The summed E-state index contributed by atoms with van der Waals surface area (Å²) in [5.74, 6) is 1.35. The van der Waals surface area contributed by atoms with Gasteiger partial charge >= 0.3 is 0 Å². The Hall–Kier alpha value is -3.02. The molecule has 0 heterocycles. The summed E-state index contributed by atoms with van der Waals surface area (Å²) in [7, 11) is 4.52. The van der Waals surface area contributed by atoms with E-state index in [-0.39, 0.29) is 5.91 Å².